The van der Waals surface area contributed by atoms with Gasteiger partial charge in [-0.1, -0.05) is 0 Å². The summed E-state index contributed by atoms with van der Waals surface area (Å²) in [5.41, 5.74) is 9.39. The lowest BCUT2D eigenvalue weighted by molar-refractivity contribution is -0.119. The molecule has 3 rings (SSSR count). The summed E-state index contributed by atoms with van der Waals surface area (Å²) in [7, 11) is 1.92. The molecule has 1 heterocycles. The van der Waals surface area contributed by atoms with E-state index in [0.29, 0.717) is 18.3 Å². The third-order valence-electron chi connectivity index (χ3n) is 3.67. The Morgan fingerprint density at radius 2 is 2.19 bits per heavy atom. The van der Waals surface area contributed by atoms with Crippen LogP contribution in [0.15, 0.2) is 24.3 Å². The SMILES string of the molecule is Cc1cc(N(C)CC(=O)NC2CC2)c2cc(N)ccc2n1. The molecule has 1 aliphatic rings. The fourth-order valence-electron chi connectivity index (χ4n) is 2.47. The Bertz CT molecular complexity index is 694. The molecule has 21 heavy (non-hydrogen) atoms. The minimum atomic E-state index is 0.0616. The number of nitrogen functional groups attached to an aromatic ring is 1. The smallest absolute Gasteiger partial charge is 0.239 e. The number of aryl methyl sites for hydroxylation is 1. The molecular formula is C16H20N4O. The number of hydrogen-bond donors (Lipinski definition) is 2. The van der Waals surface area contributed by atoms with Crippen molar-refractivity contribution in [1.29, 1.82) is 0 Å². The first-order valence-corrected chi connectivity index (χ1v) is 7.20. The zero-order valence-electron chi connectivity index (χ0n) is 12.4. The monoisotopic (exact) mass is 284 g/mol. The van der Waals surface area contributed by atoms with E-state index in [4.69, 9.17) is 5.73 Å². The Hall–Kier alpha value is -2.30. The van der Waals surface area contributed by atoms with Gasteiger partial charge in [0.05, 0.1) is 12.1 Å². The molecule has 0 aliphatic heterocycles. The molecule has 0 spiro atoms. The van der Waals surface area contributed by atoms with E-state index in [1.54, 1.807) is 0 Å². The number of nitrogens with zero attached hydrogens (tertiary/aromatic N) is 2. The van der Waals surface area contributed by atoms with Crippen molar-refractivity contribution >= 4 is 28.2 Å². The van der Waals surface area contributed by atoms with E-state index in [9.17, 15) is 4.79 Å². The Labute approximate surface area is 124 Å². The van der Waals surface area contributed by atoms with Gasteiger partial charge in [0.2, 0.25) is 5.91 Å². The van der Waals surface area contributed by atoms with Crippen molar-refractivity contribution in [2.45, 2.75) is 25.8 Å². The number of carbonyl (C=O) groups excluding carboxylic acids is 1. The van der Waals surface area contributed by atoms with Gasteiger partial charge in [-0.05, 0) is 44.0 Å². The number of nitrogens with one attached hydrogen (secondary N) is 1. The quantitative estimate of drug-likeness (QED) is 0.840. The molecule has 1 aromatic carbocycles. The molecule has 1 aliphatic carbocycles. The van der Waals surface area contributed by atoms with Gasteiger partial charge in [0.15, 0.2) is 0 Å². The van der Waals surface area contributed by atoms with E-state index in [-0.39, 0.29) is 5.91 Å². The minimum Gasteiger partial charge on any atom is -0.399 e. The standard InChI is InChI=1S/C16H20N4O/c1-10-7-15(13-8-11(17)3-6-14(13)18-10)20(2)9-16(21)19-12-4-5-12/h3,6-8,12H,4-5,9,17H2,1-2H3,(H,19,21). The van der Waals surface area contributed by atoms with Crippen LogP contribution in [0.25, 0.3) is 10.9 Å². The number of fused-ring (bicyclic) bond motifs is 1. The number of nitrogens with two attached hydrogens (primary N) is 1. The number of aromatic nitrogens is 1. The second-order valence-electron chi connectivity index (χ2n) is 5.76. The summed E-state index contributed by atoms with van der Waals surface area (Å²) in [5.74, 6) is 0.0616. The first-order chi connectivity index (χ1) is 10.0. The predicted molar refractivity (Wildman–Crippen MR) is 85.3 cm³/mol. The van der Waals surface area contributed by atoms with Crippen LogP contribution in [-0.2, 0) is 4.79 Å². The fraction of sp³-hybridized carbons (Fsp3) is 0.375. The van der Waals surface area contributed by atoms with Crippen LogP contribution in [0, 0.1) is 6.92 Å². The lowest BCUT2D eigenvalue weighted by Gasteiger charge is -2.21. The highest BCUT2D eigenvalue weighted by Crippen LogP contribution is 2.27. The molecule has 0 radical (unpaired) electrons. The average molecular weight is 284 g/mol. The van der Waals surface area contributed by atoms with Gasteiger partial charge >= 0.3 is 0 Å². The number of rotatable bonds is 4. The van der Waals surface area contributed by atoms with Crippen LogP contribution in [0.1, 0.15) is 18.5 Å². The lowest BCUT2D eigenvalue weighted by Crippen LogP contribution is -2.36. The van der Waals surface area contributed by atoms with Crippen molar-refractivity contribution in [2.24, 2.45) is 0 Å². The van der Waals surface area contributed by atoms with Crippen molar-refractivity contribution in [3.05, 3.63) is 30.0 Å². The topological polar surface area (TPSA) is 71.2 Å². The van der Waals surface area contributed by atoms with Gasteiger partial charge in [-0.25, -0.2) is 0 Å². The zero-order chi connectivity index (χ0) is 15.0. The van der Waals surface area contributed by atoms with Gasteiger partial charge in [0, 0.05) is 35.5 Å². The number of benzene rings is 1. The summed E-state index contributed by atoms with van der Waals surface area (Å²) < 4.78 is 0. The summed E-state index contributed by atoms with van der Waals surface area (Å²) >= 11 is 0. The molecule has 110 valence electrons. The summed E-state index contributed by atoms with van der Waals surface area (Å²) in [4.78, 5) is 18.4. The Morgan fingerprint density at radius 1 is 1.43 bits per heavy atom. The Balaban J connectivity index is 1.90. The molecule has 0 bridgehead atoms. The van der Waals surface area contributed by atoms with Gasteiger partial charge in [-0.3, -0.25) is 9.78 Å². The van der Waals surface area contributed by atoms with Gasteiger partial charge in [-0.2, -0.15) is 0 Å². The Morgan fingerprint density at radius 3 is 2.90 bits per heavy atom. The molecule has 2 aromatic rings. The Kier molecular flexibility index (Phi) is 3.41. The first kappa shape index (κ1) is 13.7. The minimum absolute atomic E-state index is 0.0616. The van der Waals surface area contributed by atoms with E-state index in [1.807, 2.05) is 43.1 Å². The number of anilines is 2. The van der Waals surface area contributed by atoms with Crippen LogP contribution in [0.2, 0.25) is 0 Å². The molecule has 1 saturated carbocycles. The molecule has 0 unspecified atom stereocenters. The van der Waals surface area contributed by atoms with Crippen LogP contribution >= 0.6 is 0 Å². The molecule has 1 aromatic heterocycles. The molecule has 1 fully saturated rings. The molecule has 0 atom stereocenters. The van der Waals surface area contributed by atoms with Gasteiger partial charge in [-0.15, -0.1) is 0 Å². The molecule has 5 nitrogen and oxygen atoms in total. The van der Waals surface area contributed by atoms with Crippen LogP contribution in [-0.4, -0.2) is 30.5 Å². The summed E-state index contributed by atoms with van der Waals surface area (Å²) in [6, 6.07) is 8.05. The number of pyridine rings is 1. The van der Waals surface area contributed by atoms with Gasteiger partial charge < -0.3 is 16.0 Å². The highest BCUT2D eigenvalue weighted by Gasteiger charge is 2.23. The maximum Gasteiger partial charge on any atom is 0.239 e. The highest BCUT2D eigenvalue weighted by atomic mass is 16.2. The van der Waals surface area contributed by atoms with E-state index in [2.05, 4.69) is 10.3 Å². The largest absolute Gasteiger partial charge is 0.399 e. The van der Waals surface area contributed by atoms with Crippen LogP contribution in [0.5, 0.6) is 0 Å². The van der Waals surface area contributed by atoms with Gasteiger partial charge in [0.25, 0.3) is 0 Å². The zero-order valence-corrected chi connectivity index (χ0v) is 12.4. The molecule has 5 heteroatoms. The van der Waals surface area contributed by atoms with E-state index < -0.39 is 0 Å². The maximum atomic E-state index is 12.0. The van der Waals surface area contributed by atoms with Crippen molar-refractivity contribution < 1.29 is 4.79 Å². The maximum absolute atomic E-state index is 12.0. The normalized spacial score (nSPS) is 14.2. The molecule has 3 N–H and O–H groups in total. The van der Waals surface area contributed by atoms with Crippen LogP contribution < -0.4 is 16.0 Å². The van der Waals surface area contributed by atoms with Crippen molar-refractivity contribution in [1.82, 2.24) is 10.3 Å². The van der Waals surface area contributed by atoms with Gasteiger partial charge in [0.1, 0.15) is 0 Å². The number of carbonyl (C=O) groups is 1. The fourth-order valence-corrected chi connectivity index (χ4v) is 2.47. The second-order valence-corrected chi connectivity index (χ2v) is 5.76. The lowest BCUT2D eigenvalue weighted by atomic mass is 10.1. The van der Waals surface area contributed by atoms with Crippen molar-refractivity contribution in [3.63, 3.8) is 0 Å². The first-order valence-electron chi connectivity index (χ1n) is 7.20. The molecule has 0 saturated heterocycles. The highest BCUT2D eigenvalue weighted by molar-refractivity contribution is 5.95. The van der Waals surface area contributed by atoms with E-state index in [1.165, 1.54) is 0 Å². The molecular weight excluding hydrogens is 264 g/mol. The third kappa shape index (κ3) is 3.07. The third-order valence-corrected chi connectivity index (χ3v) is 3.67. The number of amides is 1. The average Bonchev–Trinajstić information content (AvgIpc) is 3.22. The predicted octanol–water partition coefficient (Wildman–Crippen LogP) is 1.84. The summed E-state index contributed by atoms with van der Waals surface area (Å²) in [6.45, 7) is 2.29. The van der Waals surface area contributed by atoms with E-state index >= 15 is 0 Å². The van der Waals surface area contributed by atoms with E-state index in [0.717, 1.165) is 35.1 Å². The van der Waals surface area contributed by atoms with Crippen molar-refractivity contribution in [3.8, 4) is 0 Å². The number of hydrogen-bond acceptors (Lipinski definition) is 4. The summed E-state index contributed by atoms with van der Waals surface area (Å²) in [6.07, 6.45) is 2.20. The molecule has 1 amide bonds. The van der Waals surface area contributed by atoms with Crippen LogP contribution in [0.3, 0.4) is 0 Å². The second kappa shape index (κ2) is 5.24. The van der Waals surface area contributed by atoms with Crippen LogP contribution in [0.4, 0.5) is 11.4 Å². The number of likely N-dealkylation sites (N-methyl/N-ethyl adjacent to an activating group) is 1. The summed E-state index contributed by atoms with van der Waals surface area (Å²) in [5, 5.41) is 3.98. The van der Waals surface area contributed by atoms with Crippen molar-refractivity contribution in [2.75, 3.05) is 24.2 Å².